The quantitative estimate of drug-likeness (QED) is 0.453. The molecule has 4 rings (SSSR count). The molecule has 2 heterocycles. The molecule has 0 bridgehead atoms. The van der Waals surface area contributed by atoms with Crippen LogP contribution in [0.4, 0.5) is 5.82 Å². The van der Waals surface area contributed by atoms with Crippen molar-refractivity contribution in [3.63, 3.8) is 0 Å². The van der Waals surface area contributed by atoms with Crippen LogP contribution >= 0.6 is 0 Å². The van der Waals surface area contributed by atoms with E-state index in [-0.39, 0.29) is 43.1 Å². The maximum Gasteiger partial charge on any atom is 0.250 e. The smallest absolute Gasteiger partial charge is 0.250 e. The molecule has 3 amide bonds. The Bertz CT molecular complexity index is 1120. The van der Waals surface area contributed by atoms with Crippen molar-refractivity contribution in [2.45, 2.75) is 64.1 Å². The van der Waals surface area contributed by atoms with Crippen molar-refractivity contribution in [1.29, 1.82) is 0 Å². The molecule has 0 radical (unpaired) electrons. The van der Waals surface area contributed by atoms with E-state index >= 15 is 0 Å². The van der Waals surface area contributed by atoms with E-state index in [0.717, 1.165) is 31.2 Å². The first kappa shape index (κ1) is 24.3. The summed E-state index contributed by atoms with van der Waals surface area (Å²) in [6.45, 7) is 1.92. The van der Waals surface area contributed by atoms with E-state index in [0.29, 0.717) is 17.3 Å². The van der Waals surface area contributed by atoms with E-state index in [2.05, 4.69) is 15.8 Å². The van der Waals surface area contributed by atoms with Crippen molar-refractivity contribution >= 4 is 23.5 Å². The first-order chi connectivity index (χ1) is 17.0. The monoisotopic (exact) mass is 478 g/mol. The number of rotatable bonds is 10. The summed E-state index contributed by atoms with van der Waals surface area (Å²) < 4.78 is 10.6. The topological polar surface area (TPSA) is 118 Å². The Morgan fingerprint density at radius 3 is 2.51 bits per heavy atom. The third kappa shape index (κ3) is 6.59. The highest BCUT2D eigenvalue weighted by Gasteiger charge is 2.35. The number of carbonyl (C=O) groups is 3. The molecule has 0 saturated heterocycles. The van der Waals surface area contributed by atoms with E-state index in [1.54, 1.807) is 25.1 Å². The molecular formula is C26H30N4O5. The fraction of sp³-hybridized carbons (Fsp3) is 0.385. The average Bonchev–Trinajstić information content (AvgIpc) is 3.62. The first-order valence-corrected chi connectivity index (χ1v) is 11.9. The van der Waals surface area contributed by atoms with Crippen LogP contribution in [0.3, 0.4) is 0 Å². The van der Waals surface area contributed by atoms with Gasteiger partial charge in [-0.15, -0.1) is 0 Å². The van der Waals surface area contributed by atoms with Gasteiger partial charge in [0.05, 0.1) is 6.26 Å². The van der Waals surface area contributed by atoms with E-state index < -0.39 is 6.04 Å². The summed E-state index contributed by atoms with van der Waals surface area (Å²) in [5.74, 6) is 0.274. The number of benzene rings is 1. The third-order valence-electron chi connectivity index (χ3n) is 6.05. The molecule has 9 nitrogen and oxygen atoms in total. The third-order valence-corrected chi connectivity index (χ3v) is 6.05. The van der Waals surface area contributed by atoms with Gasteiger partial charge in [-0.2, -0.15) is 0 Å². The molecule has 1 atom stereocenters. The number of hydrogen-bond acceptors (Lipinski definition) is 6. The number of aromatic nitrogens is 1. The molecule has 3 aromatic rings. The maximum atomic E-state index is 13.5. The van der Waals surface area contributed by atoms with Gasteiger partial charge < -0.3 is 24.5 Å². The number of nitrogens with zero attached hydrogens (tertiary/aromatic N) is 2. The number of furan rings is 1. The van der Waals surface area contributed by atoms with Crippen molar-refractivity contribution < 1.29 is 23.3 Å². The van der Waals surface area contributed by atoms with Crippen molar-refractivity contribution in [2.75, 3.05) is 5.32 Å². The minimum Gasteiger partial charge on any atom is -0.467 e. The maximum absolute atomic E-state index is 13.5. The second kappa shape index (κ2) is 11.5. The molecule has 1 aliphatic carbocycles. The van der Waals surface area contributed by atoms with Crippen molar-refractivity contribution in [3.05, 3.63) is 71.9 Å². The molecule has 35 heavy (non-hydrogen) atoms. The highest BCUT2D eigenvalue weighted by atomic mass is 16.5. The Labute approximate surface area is 203 Å². The predicted molar refractivity (Wildman–Crippen MR) is 128 cm³/mol. The fourth-order valence-electron chi connectivity index (χ4n) is 4.32. The summed E-state index contributed by atoms with van der Waals surface area (Å²) >= 11 is 0. The SMILES string of the molecule is Cc1cc(NC(=O)CCC(=O)N(Cc2ccccc2)[C@@H](C(=O)NC2CCCC2)c2ccco2)no1. The molecule has 184 valence electrons. The van der Waals surface area contributed by atoms with Crippen LogP contribution in [0.5, 0.6) is 0 Å². The van der Waals surface area contributed by atoms with Gasteiger partial charge in [-0.25, -0.2) is 0 Å². The van der Waals surface area contributed by atoms with E-state index in [1.807, 2.05) is 30.3 Å². The van der Waals surface area contributed by atoms with Crippen molar-refractivity contribution in [1.82, 2.24) is 15.4 Å². The molecule has 0 aliphatic heterocycles. The Balaban J connectivity index is 1.52. The number of aryl methyl sites for hydroxylation is 1. The first-order valence-electron chi connectivity index (χ1n) is 11.9. The standard InChI is InChI=1S/C26H30N4O5/c1-18-16-22(29-35-18)28-23(31)13-14-24(32)30(17-19-8-3-2-4-9-19)25(21-12-7-15-34-21)26(33)27-20-10-5-6-11-20/h2-4,7-9,12,15-16,20,25H,5-6,10-11,13-14,17H2,1H3,(H,27,33)(H,28,29,31)/t25-/m1/s1. The van der Waals surface area contributed by atoms with Crippen LogP contribution in [-0.2, 0) is 20.9 Å². The highest BCUT2D eigenvalue weighted by Crippen LogP contribution is 2.27. The molecule has 1 fully saturated rings. The Hall–Kier alpha value is -3.88. The lowest BCUT2D eigenvalue weighted by molar-refractivity contribution is -0.143. The van der Waals surface area contributed by atoms with Gasteiger partial charge in [0, 0.05) is 31.5 Å². The van der Waals surface area contributed by atoms with Crippen LogP contribution in [0.15, 0.2) is 63.7 Å². The summed E-state index contributed by atoms with van der Waals surface area (Å²) in [6.07, 6.45) is 5.33. The van der Waals surface area contributed by atoms with Gasteiger partial charge in [-0.1, -0.05) is 48.3 Å². The summed E-state index contributed by atoms with van der Waals surface area (Å²) in [4.78, 5) is 40.8. The van der Waals surface area contributed by atoms with Crippen LogP contribution in [0, 0.1) is 6.92 Å². The minimum absolute atomic E-state index is 0.0643. The lowest BCUT2D eigenvalue weighted by atomic mass is 10.1. The van der Waals surface area contributed by atoms with Crippen molar-refractivity contribution in [2.24, 2.45) is 0 Å². The number of anilines is 1. The van der Waals surface area contributed by atoms with E-state index in [4.69, 9.17) is 8.94 Å². The number of carbonyl (C=O) groups excluding carboxylic acids is 3. The zero-order valence-electron chi connectivity index (χ0n) is 19.7. The molecule has 0 unspecified atom stereocenters. The zero-order valence-corrected chi connectivity index (χ0v) is 19.7. The number of amides is 3. The van der Waals surface area contributed by atoms with Crippen LogP contribution in [0.2, 0.25) is 0 Å². The van der Waals surface area contributed by atoms with Crippen LogP contribution in [0.25, 0.3) is 0 Å². The molecular weight excluding hydrogens is 448 g/mol. The molecule has 9 heteroatoms. The molecule has 1 saturated carbocycles. The molecule has 2 aromatic heterocycles. The summed E-state index contributed by atoms with van der Waals surface area (Å²) in [5.41, 5.74) is 0.869. The van der Waals surface area contributed by atoms with Crippen molar-refractivity contribution in [3.8, 4) is 0 Å². The van der Waals surface area contributed by atoms with Gasteiger partial charge in [0.15, 0.2) is 11.9 Å². The van der Waals surface area contributed by atoms with Gasteiger partial charge in [-0.3, -0.25) is 14.4 Å². The fourth-order valence-corrected chi connectivity index (χ4v) is 4.32. The van der Waals surface area contributed by atoms with Gasteiger partial charge >= 0.3 is 0 Å². The Kier molecular flexibility index (Phi) is 7.97. The normalized spacial score (nSPS) is 14.4. The minimum atomic E-state index is -0.945. The average molecular weight is 479 g/mol. The zero-order chi connectivity index (χ0) is 24.6. The lowest BCUT2D eigenvalue weighted by Gasteiger charge is -2.31. The molecule has 1 aromatic carbocycles. The predicted octanol–water partition coefficient (Wildman–Crippen LogP) is 4.12. The van der Waals surface area contributed by atoms with E-state index in [9.17, 15) is 14.4 Å². The highest BCUT2D eigenvalue weighted by molar-refractivity contribution is 5.94. The second-order valence-electron chi connectivity index (χ2n) is 8.79. The molecule has 0 spiro atoms. The summed E-state index contributed by atoms with van der Waals surface area (Å²) in [5, 5.41) is 9.46. The van der Waals surface area contributed by atoms with Crippen LogP contribution < -0.4 is 10.6 Å². The second-order valence-corrected chi connectivity index (χ2v) is 8.79. The van der Waals surface area contributed by atoms with Crippen LogP contribution in [0.1, 0.15) is 61.7 Å². The molecule has 2 N–H and O–H groups in total. The summed E-state index contributed by atoms with van der Waals surface area (Å²) in [6, 6.07) is 13.6. The van der Waals surface area contributed by atoms with Gasteiger partial charge in [-0.05, 0) is 37.5 Å². The lowest BCUT2D eigenvalue weighted by Crippen LogP contribution is -2.45. The summed E-state index contributed by atoms with van der Waals surface area (Å²) in [7, 11) is 0. The Morgan fingerprint density at radius 2 is 1.86 bits per heavy atom. The van der Waals surface area contributed by atoms with Gasteiger partial charge in [0.25, 0.3) is 5.91 Å². The Morgan fingerprint density at radius 1 is 1.09 bits per heavy atom. The number of hydrogen-bond donors (Lipinski definition) is 2. The van der Waals surface area contributed by atoms with Crippen LogP contribution in [-0.4, -0.2) is 33.8 Å². The van der Waals surface area contributed by atoms with Gasteiger partial charge in [0.2, 0.25) is 11.8 Å². The van der Waals surface area contributed by atoms with E-state index in [1.165, 1.54) is 11.2 Å². The number of nitrogens with one attached hydrogen (secondary N) is 2. The molecule has 1 aliphatic rings. The largest absolute Gasteiger partial charge is 0.467 e. The van der Waals surface area contributed by atoms with Gasteiger partial charge in [0.1, 0.15) is 11.5 Å².